The van der Waals surface area contributed by atoms with Crippen molar-refractivity contribution in [3.8, 4) is 0 Å². The lowest BCUT2D eigenvalue weighted by molar-refractivity contribution is 0.515. The number of rotatable bonds is 4. The van der Waals surface area contributed by atoms with E-state index in [0.717, 1.165) is 18.2 Å². The molecule has 0 N–H and O–H groups in total. The van der Waals surface area contributed by atoms with Gasteiger partial charge in [0.25, 0.3) is 0 Å². The molecule has 0 radical (unpaired) electrons. The summed E-state index contributed by atoms with van der Waals surface area (Å²) < 4.78 is 53.1. The van der Waals surface area contributed by atoms with E-state index in [1.807, 2.05) is 0 Å². The SMILES string of the molecule is CC(C)C(c1cc(F)ccc1F)S(=O)(=O)c1ccc(Cl)cc1. The van der Waals surface area contributed by atoms with Crippen LogP contribution in [-0.2, 0) is 9.84 Å². The lowest BCUT2D eigenvalue weighted by Crippen LogP contribution is -2.20. The van der Waals surface area contributed by atoms with Crippen molar-refractivity contribution in [2.24, 2.45) is 5.92 Å². The fraction of sp³-hybridized carbons (Fsp3) is 0.250. The average molecular weight is 345 g/mol. The minimum absolute atomic E-state index is 0.0271. The number of benzene rings is 2. The Morgan fingerprint density at radius 2 is 1.59 bits per heavy atom. The van der Waals surface area contributed by atoms with Crippen LogP contribution in [-0.4, -0.2) is 8.42 Å². The monoisotopic (exact) mass is 344 g/mol. The predicted molar refractivity (Wildman–Crippen MR) is 82.6 cm³/mol. The Morgan fingerprint density at radius 3 is 2.14 bits per heavy atom. The van der Waals surface area contributed by atoms with E-state index in [1.54, 1.807) is 13.8 Å². The summed E-state index contributed by atoms with van der Waals surface area (Å²) in [6.45, 7) is 3.31. The molecule has 2 aromatic carbocycles. The molecule has 0 amide bonds. The van der Waals surface area contributed by atoms with Crippen LogP contribution in [0.15, 0.2) is 47.4 Å². The van der Waals surface area contributed by atoms with Gasteiger partial charge in [0.1, 0.15) is 11.6 Å². The Kier molecular flexibility index (Phi) is 4.87. The lowest BCUT2D eigenvalue weighted by atomic mass is 10.0. The Hall–Kier alpha value is -1.46. The van der Waals surface area contributed by atoms with E-state index in [0.29, 0.717) is 5.02 Å². The van der Waals surface area contributed by atoms with Crippen molar-refractivity contribution in [1.82, 2.24) is 0 Å². The van der Waals surface area contributed by atoms with Crippen LogP contribution in [0.4, 0.5) is 8.78 Å². The first kappa shape index (κ1) is 16.9. The van der Waals surface area contributed by atoms with E-state index in [-0.39, 0.29) is 10.5 Å². The molecule has 0 aliphatic carbocycles. The van der Waals surface area contributed by atoms with Crippen LogP contribution in [0.1, 0.15) is 24.7 Å². The van der Waals surface area contributed by atoms with E-state index in [9.17, 15) is 17.2 Å². The zero-order chi connectivity index (χ0) is 16.5. The number of hydrogen-bond acceptors (Lipinski definition) is 2. The van der Waals surface area contributed by atoms with Gasteiger partial charge in [-0.05, 0) is 48.4 Å². The van der Waals surface area contributed by atoms with Crippen LogP contribution in [0.5, 0.6) is 0 Å². The van der Waals surface area contributed by atoms with Crippen LogP contribution >= 0.6 is 11.6 Å². The predicted octanol–water partition coefficient (Wildman–Crippen LogP) is 4.79. The Labute approximate surface area is 133 Å². The third-order valence-electron chi connectivity index (χ3n) is 3.35. The third-order valence-corrected chi connectivity index (χ3v) is 5.99. The van der Waals surface area contributed by atoms with Gasteiger partial charge in [-0.2, -0.15) is 0 Å². The van der Waals surface area contributed by atoms with Crippen molar-refractivity contribution >= 4 is 21.4 Å². The van der Waals surface area contributed by atoms with Crippen LogP contribution in [0.3, 0.4) is 0 Å². The highest BCUT2D eigenvalue weighted by atomic mass is 35.5. The third kappa shape index (κ3) is 3.31. The van der Waals surface area contributed by atoms with Crippen LogP contribution in [0.2, 0.25) is 5.02 Å². The fourth-order valence-electron chi connectivity index (χ4n) is 2.39. The first-order valence-corrected chi connectivity index (χ1v) is 8.60. The maximum absolute atomic E-state index is 14.0. The summed E-state index contributed by atoms with van der Waals surface area (Å²) in [5.74, 6) is -1.84. The first-order chi connectivity index (χ1) is 10.2. The number of halogens is 3. The molecule has 118 valence electrons. The van der Waals surface area contributed by atoms with Crippen molar-refractivity contribution < 1.29 is 17.2 Å². The maximum Gasteiger partial charge on any atom is 0.185 e. The first-order valence-electron chi connectivity index (χ1n) is 6.68. The Bertz CT molecular complexity index is 771. The molecule has 1 unspecified atom stereocenters. The summed E-state index contributed by atoms with van der Waals surface area (Å²) in [6.07, 6.45) is 0. The molecule has 22 heavy (non-hydrogen) atoms. The van der Waals surface area contributed by atoms with Gasteiger partial charge >= 0.3 is 0 Å². The van der Waals surface area contributed by atoms with E-state index >= 15 is 0 Å². The molecule has 0 saturated heterocycles. The van der Waals surface area contributed by atoms with Crippen molar-refractivity contribution in [3.63, 3.8) is 0 Å². The molecule has 0 heterocycles. The second-order valence-electron chi connectivity index (χ2n) is 5.33. The molecule has 1 atom stereocenters. The van der Waals surface area contributed by atoms with Crippen LogP contribution in [0, 0.1) is 17.6 Å². The van der Waals surface area contributed by atoms with E-state index < -0.39 is 32.6 Å². The molecule has 2 rings (SSSR count). The summed E-state index contributed by atoms with van der Waals surface area (Å²) in [7, 11) is -3.87. The van der Waals surface area contributed by atoms with Gasteiger partial charge in [0.2, 0.25) is 0 Å². The normalized spacial score (nSPS) is 13.4. The van der Waals surface area contributed by atoms with Gasteiger partial charge in [0.15, 0.2) is 9.84 Å². The molecule has 6 heteroatoms. The quantitative estimate of drug-likeness (QED) is 0.799. The highest BCUT2D eigenvalue weighted by molar-refractivity contribution is 7.91. The molecule has 0 fully saturated rings. The zero-order valence-electron chi connectivity index (χ0n) is 12.1. The van der Waals surface area contributed by atoms with E-state index in [1.165, 1.54) is 24.3 Å². The Morgan fingerprint density at radius 1 is 1.00 bits per heavy atom. The second kappa shape index (κ2) is 6.34. The van der Waals surface area contributed by atoms with E-state index in [4.69, 9.17) is 11.6 Å². The van der Waals surface area contributed by atoms with Gasteiger partial charge in [-0.15, -0.1) is 0 Å². The van der Waals surface area contributed by atoms with Crippen molar-refractivity contribution in [3.05, 3.63) is 64.7 Å². The standard InChI is InChI=1S/C16H15ClF2O2S/c1-10(2)16(14-9-12(18)5-8-15(14)19)22(20,21)13-6-3-11(17)4-7-13/h3-10,16H,1-2H3. The van der Waals surface area contributed by atoms with Gasteiger partial charge in [-0.25, -0.2) is 17.2 Å². The van der Waals surface area contributed by atoms with E-state index in [2.05, 4.69) is 0 Å². The zero-order valence-corrected chi connectivity index (χ0v) is 13.6. The molecule has 0 spiro atoms. The summed E-state index contributed by atoms with van der Waals surface area (Å²) in [4.78, 5) is 0.0271. The minimum atomic E-state index is -3.87. The Balaban J connectivity index is 2.61. The maximum atomic E-state index is 14.0. The van der Waals surface area contributed by atoms with Crippen LogP contribution in [0.25, 0.3) is 0 Å². The smallest absolute Gasteiger partial charge is 0.185 e. The van der Waals surface area contributed by atoms with Crippen molar-refractivity contribution in [1.29, 1.82) is 0 Å². The molecule has 2 aromatic rings. The van der Waals surface area contributed by atoms with Gasteiger partial charge in [0, 0.05) is 10.6 Å². The molecule has 0 saturated carbocycles. The number of hydrogen-bond donors (Lipinski definition) is 0. The molecular weight excluding hydrogens is 330 g/mol. The largest absolute Gasteiger partial charge is 0.223 e. The molecule has 0 bridgehead atoms. The summed E-state index contributed by atoms with van der Waals surface area (Å²) in [5, 5.41) is -0.777. The second-order valence-corrected chi connectivity index (χ2v) is 7.84. The summed E-state index contributed by atoms with van der Waals surface area (Å²) >= 11 is 5.76. The van der Waals surface area contributed by atoms with Crippen LogP contribution < -0.4 is 0 Å². The highest BCUT2D eigenvalue weighted by Gasteiger charge is 2.34. The van der Waals surface area contributed by atoms with Gasteiger partial charge in [0.05, 0.1) is 10.1 Å². The van der Waals surface area contributed by atoms with Crippen molar-refractivity contribution in [2.75, 3.05) is 0 Å². The average Bonchev–Trinajstić information content (AvgIpc) is 2.42. The molecule has 0 aliphatic rings. The molecular formula is C16H15ClF2O2S. The topological polar surface area (TPSA) is 34.1 Å². The summed E-state index contributed by atoms with van der Waals surface area (Å²) in [6, 6.07) is 8.48. The van der Waals surface area contributed by atoms with Gasteiger partial charge < -0.3 is 0 Å². The number of sulfone groups is 1. The molecule has 0 aromatic heterocycles. The molecule has 0 aliphatic heterocycles. The van der Waals surface area contributed by atoms with Gasteiger partial charge in [-0.1, -0.05) is 25.4 Å². The molecule has 2 nitrogen and oxygen atoms in total. The fourth-order valence-corrected chi connectivity index (χ4v) is 4.55. The minimum Gasteiger partial charge on any atom is -0.223 e. The highest BCUT2D eigenvalue weighted by Crippen LogP contribution is 2.36. The lowest BCUT2D eigenvalue weighted by Gasteiger charge is -2.22. The summed E-state index contributed by atoms with van der Waals surface area (Å²) in [5.41, 5.74) is -0.162. The van der Waals surface area contributed by atoms with Crippen molar-refractivity contribution in [2.45, 2.75) is 24.0 Å². The van der Waals surface area contributed by atoms with Gasteiger partial charge in [-0.3, -0.25) is 0 Å².